The van der Waals surface area contributed by atoms with Crippen molar-refractivity contribution < 1.29 is 18.4 Å². The summed E-state index contributed by atoms with van der Waals surface area (Å²) in [5, 5.41) is 0. The molecule has 3 nitrogen and oxygen atoms in total. The van der Waals surface area contributed by atoms with Gasteiger partial charge in [-0.3, -0.25) is 9.59 Å². The van der Waals surface area contributed by atoms with Crippen LogP contribution in [0, 0.1) is 17.6 Å². The first-order valence-electron chi connectivity index (χ1n) is 9.95. The standard InChI is InChI=1S/C23H22BrF2NO2/c24-17-4-2-16(3-5-17)23(10-1-11-23)22(29)27-12-8-15(9-13-27)21(28)19-14-18(25)6-7-20(19)26/h2-7,14-15H,1,8-13H2. The number of Topliss-reactive ketones (excluding diaryl/α,β-unsaturated/α-hetero) is 1. The van der Waals surface area contributed by atoms with Crippen LogP contribution in [0.3, 0.4) is 0 Å². The highest BCUT2D eigenvalue weighted by molar-refractivity contribution is 9.10. The van der Waals surface area contributed by atoms with E-state index in [9.17, 15) is 18.4 Å². The zero-order valence-corrected chi connectivity index (χ0v) is 17.6. The van der Waals surface area contributed by atoms with Crippen molar-refractivity contribution in [3.05, 3.63) is 69.7 Å². The summed E-state index contributed by atoms with van der Waals surface area (Å²) in [6.45, 7) is 0.926. The topological polar surface area (TPSA) is 37.4 Å². The lowest BCUT2D eigenvalue weighted by Crippen LogP contribution is -2.53. The van der Waals surface area contributed by atoms with Gasteiger partial charge in [0.1, 0.15) is 11.6 Å². The van der Waals surface area contributed by atoms with Gasteiger partial charge in [-0.25, -0.2) is 8.78 Å². The third-order valence-electron chi connectivity index (χ3n) is 6.36. The highest BCUT2D eigenvalue weighted by Gasteiger charge is 2.48. The van der Waals surface area contributed by atoms with Gasteiger partial charge in [-0.2, -0.15) is 0 Å². The van der Waals surface area contributed by atoms with Crippen molar-refractivity contribution in [1.82, 2.24) is 4.90 Å². The molecule has 1 saturated heterocycles. The van der Waals surface area contributed by atoms with E-state index in [1.54, 1.807) is 0 Å². The predicted molar refractivity (Wildman–Crippen MR) is 110 cm³/mol. The van der Waals surface area contributed by atoms with Crippen LogP contribution in [0.2, 0.25) is 0 Å². The largest absolute Gasteiger partial charge is 0.342 e. The molecule has 0 N–H and O–H groups in total. The Morgan fingerprint density at radius 3 is 2.24 bits per heavy atom. The summed E-state index contributed by atoms with van der Waals surface area (Å²) >= 11 is 3.44. The minimum atomic E-state index is -0.696. The molecule has 1 aliphatic carbocycles. The molecule has 0 bridgehead atoms. The number of halogens is 3. The summed E-state index contributed by atoms with van der Waals surface area (Å²) in [6, 6.07) is 10.9. The summed E-state index contributed by atoms with van der Waals surface area (Å²) in [4.78, 5) is 27.8. The molecule has 2 aromatic rings. The lowest BCUT2D eigenvalue weighted by atomic mass is 9.63. The molecule has 29 heavy (non-hydrogen) atoms. The van der Waals surface area contributed by atoms with Crippen molar-refractivity contribution >= 4 is 27.6 Å². The summed E-state index contributed by atoms with van der Waals surface area (Å²) in [7, 11) is 0. The predicted octanol–water partition coefficient (Wildman–Crippen LogP) is 5.27. The van der Waals surface area contributed by atoms with E-state index in [1.807, 2.05) is 29.2 Å². The average molecular weight is 462 g/mol. The number of amides is 1. The molecular formula is C23H22BrF2NO2. The fourth-order valence-corrected chi connectivity index (χ4v) is 4.74. The molecule has 2 fully saturated rings. The van der Waals surface area contributed by atoms with Crippen molar-refractivity contribution in [2.45, 2.75) is 37.5 Å². The Kier molecular flexibility index (Phi) is 5.56. The van der Waals surface area contributed by atoms with Gasteiger partial charge in [0.25, 0.3) is 0 Å². The molecule has 4 rings (SSSR count). The molecule has 0 atom stereocenters. The molecule has 1 heterocycles. The summed E-state index contributed by atoms with van der Waals surface area (Å²) in [5.41, 5.74) is 0.378. The Morgan fingerprint density at radius 2 is 1.66 bits per heavy atom. The fraction of sp³-hybridized carbons (Fsp3) is 0.391. The lowest BCUT2D eigenvalue weighted by molar-refractivity contribution is -0.142. The third-order valence-corrected chi connectivity index (χ3v) is 6.89. The van der Waals surface area contributed by atoms with Gasteiger partial charge in [0, 0.05) is 23.5 Å². The number of carbonyl (C=O) groups is 2. The molecule has 0 aromatic heterocycles. The van der Waals surface area contributed by atoms with Crippen LogP contribution in [0.4, 0.5) is 8.78 Å². The Balaban J connectivity index is 1.45. The van der Waals surface area contributed by atoms with Crippen LogP contribution in [0.25, 0.3) is 0 Å². The Morgan fingerprint density at radius 1 is 1.00 bits per heavy atom. The van der Waals surface area contributed by atoms with Gasteiger partial charge in [-0.05, 0) is 61.6 Å². The highest BCUT2D eigenvalue weighted by Crippen LogP contribution is 2.46. The number of rotatable bonds is 4. The Hall–Kier alpha value is -2.08. The van der Waals surface area contributed by atoms with Crippen molar-refractivity contribution in [2.75, 3.05) is 13.1 Å². The molecule has 0 unspecified atom stereocenters. The minimum Gasteiger partial charge on any atom is -0.342 e. The Labute approximate surface area is 177 Å². The lowest BCUT2D eigenvalue weighted by Gasteiger charge is -2.45. The summed E-state index contributed by atoms with van der Waals surface area (Å²) in [6.07, 6.45) is 3.63. The zero-order valence-electron chi connectivity index (χ0n) is 16.0. The third kappa shape index (κ3) is 3.75. The number of ketones is 1. The van der Waals surface area contributed by atoms with Crippen molar-refractivity contribution in [2.24, 2.45) is 5.92 Å². The van der Waals surface area contributed by atoms with Crippen LogP contribution in [0.5, 0.6) is 0 Å². The van der Waals surface area contributed by atoms with Gasteiger partial charge >= 0.3 is 0 Å². The van der Waals surface area contributed by atoms with Crippen LogP contribution in [0.1, 0.15) is 48.0 Å². The van der Waals surface area contributed by atoms with E-state index in [-0.39, 0.29) is 23.2 Å². The first-order chi connectivity index (χ1) is 13.9. The summed E-state index contributed by atoms with van der Waals surface area (Å²) in [5.74, 6) is -1.96. The minimum absolute atomic E-state index is 0.119. The smallest absolute Gasteiger partial charge is 0.233 e. The number of hydrogen-bond acceptors (Lipinski definition) is 2. The van der Waals surface area contributed by atoms with Gasteiger partial charge < -0.3 is 4.90 Å². The Bertz CT molecular complexity index is 932. The number of likely N-dealkylation sites (tertiary alicyclic amines) is 1. The number of piperidine rings is 1. The van der Waals surface area contributed by atoms with E-state index in [0.29, 0.717) is 25.9 Å². The number of hydrogen-bond donors (Lipinski definition) is 0. The molecule has 0 spiro atoms. The molecule has 2 aliphatic rings. The van der Waals surface area contributed by atoms with E-state index in [0.717, 1.165) is 47.5 Å². The van der Waals surface area contributed by atoms with E-state index in [1.165, 1.54) is 0 Å². The van der Waals surface area contributed by atoms with Gasteiger partial charge in [-0.1, -0.05) is 34.5 Å². The normalized spacial score (nSPS) is 18.9. The molecule has 1 aliphatic heterocycles. The van der Waals surface area contributed by atoms with Crippen LogP contribution in [0.15, 0.2) is 46.9 Å². The van der Waals surface area contributed by atoms with E-state index < -0.39 is 17.0 Å². The van der Waals surface area contributed by atoms with Gasteiger partial charge in [0.2, 0.25) is 5.91 Å². The molecule has 2 aromatic carbocycles. The molecule has 6 heteroatoms. The molecule has 152 valence electrons. The quantitative estimate of drug-likeness (QED) is 0.581. The highest BCUT2D eigenvalue weighted by atomic mass is 79.9. The van der Waals surface area contributed by atoms with Crippen LogP contribution in [-0.2, 0) is 10.2 Å². The van der Waals surface area contributed by atoms with Gasteiger partial charge in [0.05, 0.1) is 11.0 Å². The van der Waals surface area contributed by atoms with Crippen molar-refractivity contribution in [3.63, 3.8) is 0 Å². The monoisotopic (exact) mass is 461 g/mol. The molecule has 0 radical (unpaired) electrons. The number of benzene rings is 2. The number of nitrogens with zero attached hydrogens (tertiary/aromatic N) is 1. The van der Waals surface area contributed by atoms with E-state index >= 15 is 0 Å². The first-order valence-corrected chi connectivity index (χ1v) is 10.7. The van der Waals surface area contributed by atoms with E-state index in [2.05, 4.69) is 15.9 Å². The second kappa shape index (κ2) is 7.98. The number of carbonyl (C=O) groups excluding carboxylic acids is 2. The van der Waals surface area contributed by atoms with Crippen molar-refractivity contribution in [3.8, 4) is 0 Å². The SMILES string of the molecule is O=C(c1cc(F)ccc1F)C1CCN(C(=O)C2(c3ccc(Br)cc3)CCC2)CC1. The molecule has 1 saturated carbocycles. The maximum atomic E-state index is 14.0. The van der Waals surface area contributed by atoms with Crippen LogP contribution < -0.4 is 0 Å². The maximum Gasteiger partial charge on any atom is 0.233 e. The second-order valence-electron chi connectivity index (χ2n) is 8.00. The summed E-state index contributed by atoms with van der Waals surface area (Å²) < 4.78 is 28.4. The van der Waals surface area contributed by atoms with Crippen LogP contribution in [-0.4, -0.2) is 29.7 Å². The average Bonchev–Trinajstić information content (AvgIpc) is 2.70. The first kappa shape index (κ1) is 20.2. The second-order valence-corrected chi connectivity index (χ2v) is 8.91. The maximum absolute atomic E-state index is 14.0. The molecular weight excluding hydrogens is 440 g/mol. The fourth-order valence-electron chi connectivity index (χ4n) is 4.48. The van der Waals surface area contributed by atoms with Crippen LogP contribution >= 0.6 is 15.9 Å². The van der Waals surface area contributed by atoms with Gasteiger partial charge in [0.15, 0.2) is 5.78 Å². The van der Waals surface area contributed by atoms with E-state index in [4.69, 9.17) is 0 Å². The van der Waals surface area contributed by atoms with Crippen molar-refractivity contribution in [1.29, 1.82) is 0 Å². The molecule has 1 amide bonds. The zero-order chi connectivity index (χ0) is 20.6. The van der Waals surface area contributed by atoms with Gasteiger partial charge in [-0.15, -0.1) is 0 Å².